The Morgan fingerprint density at radius 1 is 1.33 bits per heavy atom. The predicted octanol–water partition coefficient (Wildman–Crippen LogP) is 0.894. The van der Waals surface area contributed by atoms with Crippen LogP contribution in [-0.2, 0) is 0 Å². The van der Waals surface area contributed by atoms with Gasteiger partial charge in [0, 0.05) is 18.1 Å². The first-order valence-electron chi connectivity index (χ1n) is 6.34. The number of hydrogen-bond donors (Lipinski definition) is 1. The number of piperidine rings is 1. The Kier molecular flexibility index (Phi) is 3.33. The first kappa shape index (κ1) is 11.4. The van der Waals surface area contributed by atoms with E-state index in [1.165, 1.54) is 45.3 Å². The van der Waals surface area contributed by atoms with Gasteiger partial charge in [0.1, 0.15) is 0 Å². The van der Waals surface area contributed by atoms with E-state index in [0.29, 0.717) is 0 Å². The van der Waals surface area contributed by atoms with Gasteiger partial charge in [-0.15, -0.1) is 0 Å². The maximum Gasteiger partial charge on any atom is 0.0284 e. The highest BCUT2D eigenvalue weighted by molar-refractivity contribution is 5.01. The van der Waals surface area contributed by atoms with Crippen LogP contribution >= 0.6 is 0 Å². The van der Waals surface area contributed by atoms with Gasteiger partial charge in [-0.2, -0.15) is 0 Å². The van der Waals surface area contributed by atoms with E-state index >= 15 is 0 Å². The molecule has 0 amide bonds. The second kappa shape index (κ2) is 4.40. The van der Waals surface area contributed by atoms with E-state index in [1.807, 2.05) is 0 Å². The maximum atomic E-state index is 6.16. The molecule has 0 aromatic heterocycles. The zero-order valence-corrected chi connectivity index (χ0v) is 10.2. The molecular weight excluding hydrogens is 186 g/mol. The van der Waals surface area contributed by atoms with Crippen molar-refractivity contribution in [2.45, 2.75) is 44.2 Å². The molecule has 0 atom stereocenters. The van der Waals surface area contributed by atoms with Crippen molar-refractivity contribution in [3.05, 3.63) is 0 Å². The summed E-state index contributed by atoms with van der Waals surface area (Å²) in [4.78, 5) is 5.04. The van der Waals surface area contributed by atoms with Crippen LogP contribution in [0.1, 0.15) is 32.6 Å². The van der Waals surface area contributed by atoms with E-state index < -0.39 is 0 Å². The van der Waals surface area contributed by atoms with E-state index in [9.17, 15) is 0 Å². The van der Waals surface area contributed by atoms with Crippen molar-refractivity contribution in [1.29, 1.82) is 0 Å². The molecule has 88 valence electrons. The molecule has 15 heavy (non-hydrogen) atoms. The highest BCUT2D eigenvalue weighted by Crippen LogP contribution is 2.33. The van der Waals surface area contributed by atoms with Crippen molar-refractivity contribution in [1.82, 2.24) is 9.80 Å². The minimum Gasteiger partial charge on any atom is -0.324 e. The van der Waals surface area contributed by atoms with Gasteiger partial charge in [-0.05, 0) is 52.4 Å². The molecule has 0 unspecified atom stereocenters. The third kappa shape index (κ3) is 2.92. The van der Waals surface area contributed by atoms with Crippen LogP contribution in [-0.4, -0.2) is 54.6 Å². The molecule has 1 aliphatic carbocycles. The molecule has 2 N–H and O–H groups in total. The van der Waals surface area contributed by atoms with Gasteiger partial charge in [0.15, 0.2) is 0 Å². The quantitative estimate of drug-likeness (QED) is 0.750. The van der Waals surface area contributed by atoms with Crippen LogP contribution in [0.3, 0.4) is 0 Å². The van der Waals surface area contributed by atoms with Gasteiger partial charge in [-0.3, -0.25) is 0 Å². The Morgan fingerprint density at radius 3 is 2.40 bits per heavy atom. The van der Waals surface area contributed by atoms with E-state index in [4.69, 9.17) is 5.73 Å². The number of likely N-dealkylation sites (N-methyl/N-ethyl adjacent to an activating group) is 1. The van der Waals surface area contributed by atoms with Gasteiger partial charge in [-0.1, -0.05) is 6.92 Å². The van der Waals surface area contributed by atoms with Gasteiger partial charge in [0.25, 0.3) is 0 Å². The van der Waals surface area contributed by atoms with Crippen LogP contribution in [0.15, 0.2) is 0 Å². The molecule has 1 heterocycles. The molecule has 0 radical (unpaired) electrons. The van der Waals surface area contributed by atoms with E-state index in [1.54, 1.807) is 0 Å². The zero-order chi connectivity index (χ0) is 10.9. The standard InChI is InChI=1S/C12H25N3/c1-3-15-8-4-11(5-9-15)14(2)10-12(13)6-7-12/h11H,3-10,13H2,1-2H3. The van der Waals surface area contributed by atoms with Crippen LogP contribution < -0.4 is 5.73 Å². The molecule has 1 saturated carbocycles. The van der Waals surface area contributed by atoms with E-state index in [0.717, 1.165) is 12.6 Å². The Morgan fingerprint density at radius 2 is 1.93 bits per heavy atom. The molecule has 0 aromatic carbocycles. The van der Waals surface area contributed by atoms with Crippen LogP contribution in [0, 0.1) is 0 Å². The summed E-state index contributed by atoms with van der Waals surface area (Å²) in [5.74, 6) is 0. The van der Waals surface area contributed by atoms with Gasteiger partial charge in [0.2, 0.25) is 0 Å². The van der Waals surface area contributed by atoms with Crippen molar-refractivity contribution in [2.75, 3.05) is 33.2 Å². The first-order chi connectivity index (χ1) is 7.13. The highest BCUT2D eigenvalue weighted by Gasteiger charge is 2.40. The highest BCUT2D eigenvalue weighted by atomic mass is 15.2. The SMILES string of the molecule is CCN1CCC(N(C)CC2(N)CC2)CC1. The molecule has 2 aliphatic rings. The lowest BCUT2D eigenvalue weighted by atomic mass is 10.0. The average molecular weight is 211 g/mol. The summed E-state index contributed by atoms with van der Waals surface area (Å²) in [7, 11) is 2.25. The second-order valence-corrected chi connectivity index (χ2v) is 5.44. The van der Waals surface area contributed by atoms with Gasteiger partial charge in [-0.25, -0.2) is 0 Å². The summed E-state index contributed by atoms with van der Waals surface area (Å²) in [6.07, 6.45) is 5.09. The number of nitrogens with zero attached hydrogens (tertiary/aromatic N) is 2. The number of nitrogens with two attached hydrogens (primary N) is 1. The number of likely N-dealkylation sites (tertiary alicyclic amines) is 1. The average Bonchev–Trinajstić information content (AvgIpc) is 2.96. The summed E-state index contributed by atoms with van der Waals surface area (Å²) < 4.78 is 0. The second-order valence-electron chi connectivity index (χ2n) is 5.44. The fourth-order valence-electron chi connectivity index (χ4n) is 2.62. The van der Waals surface area contributed by atoms with Crippen molar-refractivity contribution in [3.63, 3.8) is 0 Å². The molecule has 1 aliphatic heterocycles. The summed E-state index contributed by atoms with van der Waals surface area (Å²) in [6, 6.07) is 0.772. The van der Waals surface area contributed by atoms with Crippen molar-refractivity contribution in [2.24, 2.45) is 5.73 Å². The fourth-order valence-corrected chi connectivity index (χ4v) is 2.62. The van der Waals surface area contributed by atoms with Gasteiger partial charge >= 0.3 is 0 Å². The Bertz CT molecular complexity index is 205. The number of hydrogen-bond acceptors (Lipinski definition) is 3. The molecule has 2 fully saturated rings. The summed E-state index contributed by atoms with van der Waals surface area (Å²) in [5, 5.41) is 0. The summed E-state index contributed by atoms with van der Waals surface area (Å²) in [6.45, 7) is 7.09. The van der Waals surface area contributed by atoms with Crippen LogP contribution in [0.5, 0.6) is 0 Å². The monoisotopic (exact) mass is 211 g/mol. The topological polar surface area (TPSA) is 32.5 Å². The largest absolute Gasteiger partial charge is 0.324 e. The Labute approximate surface area is 93.6 Å². The minimum absolute atomic E-state index is 0.177. The molecule has 2 rings (SSSR count). The van der Waals surface area contributed by atoms with Crippen molar-refractivity contribution >= 4 is 0 Å². The molecule has 0 spiro atoms. The maximum absolute atomic E-state index is 6.16. The smallest absolute Gasteiger partial charge is 0.0284 e. The lowest BCUT2D eigenvalue weighted by molar-refractivity contribution is 0.125. The van der Waals surface area contributed by atoms with Crippen LogP contribution in [0.2, 0.25) is 0 Å². The molecular formula is C12H25N3. The zero-order valence-electron chi connectivity index (χ0n) is 10.2. The first-order valence-corrected chi connectivity index (χ1v) is 6.34. The molecule has 1 saturated heterocycles. The van der Waals surface area contributed by atoms with E-state index in [-0.39, 0.29) is 5.54 Å². The normalized spacial score (nSPS) is 27.2. The number of rotatable bonds is 4. The lowest BCUT2D eigenvalue weighted by Gasteiger charge is -2.37. The third-order valence-corrected chi connectivity index (χ3v) is 4.08. The minimum atomic E-state index is 0.177. The lowest BCUT2D eigenvalue weighted by Crippen LogP contribution is -2.47. The Hall–Kier alpha value is -0.120. The van der Waals surface area contributed by atoms with Crippen LogP contribution in [0.4, 0.5) is 0 Å². The molecule has 0 bridgehead atoms. The predicted molar refractivity (Wildman–Crippen MR) is 63.9 cm³/mol. The fraction of sp³-hybridized carbons (Fsp3) is 1.00. The third-order valence-electron chi connectivity index (χ3n) is 4.08. The molecule has 0 aromatic rings. The van der Waals surface area contributed by atoms with Gasteiger partial charge in [0.05, 0.1) is 0 Å². The summed E-state index contributed by atoms with van der Waals surface area (Å²) in [5.41, 5.74) is 6.33. The molecule has 3 heteroatoms. The van der Waals surface area contributed by atoms with Gasteiger partial charge < -0.3 is 15.5 Å². The van der Waals surface area contributed by atoms with Crippen molar-refractivity contribution in [3.8, 4) is 0 Å². The Balaban J connectivity index is 1.74. The molecule has 3 nitrogen and oxygen atoms in total. The van der Waals surface area contributed by atoms with E-state index in [2.05, 4.69) is 23.8 Å². The van der Waals surface area contributed by atoms with Crippen molar-refractivity contribution < 1.29 is 0 Å². The van der Waals surface area contributed by atoms with Crippen LogP contribution in [0.25, 0.3) is 0 Å². The summed E-state index contributed by atoms with van der Waals surface area (Å²) >= 11 is 0.